The lowest BCUT2D eigenvalue weighted by Gasteiger charge is -2.24. The van der Waals surface area contributed by atoms with E-state index in [4.69, 9.17) is 5.73 Å². The smallest absolute Gasteiger partial charge is 0.381 e. The van der Waals surface area contributed by atoms with Crippen LogP contribution in [0.4, 0.5) is 19.0 Å². The number of amides is 2. The first-order chi connectivity index (χ1) is 15.6. The summed E-state index contributed by atoms with van der Waals surface area (Å²) in [5, 5.41) is 6.49. The Balaban J connectivity index is 1.65. The SMILES string of the molecule is CNC(=O)c1c(N)nn2ccc(-c3cc4c(c(C(F)(F)F)c3)C(=O)N(C(C)C3CC3)C4)nc12. The number of nitrogen functional groups attached to an aromatic ring is 1. The Morgan fingerprint density at radius 1 is 1.30 bits per heavy atom. The Morgan fingerprint density at radius 3 is 2.67 bits per heavy atom. The van der Waals surface area contributed by atoms with E-state index >= 15 is 0 Å². The van der Waals surface area contributed by atoms with Gasteiger partial charge < -0.3 is 16.0 Å². The summed E-state index contributed by atoms with van der Waals surface area (Å²) in [6.45, 7) is 2.00. The maximum absolute atomic E-state index is 14.0. The molecule has 1 atom stereocenters. The highest BCUT2D eigenvalue weighted by Crippen LogP contribution is 2.43. The molecular formula is C22H21F3N6O2. The summed E-state index contributed by atoms with van der Waals surface area (Å²) >= 11 is 0. The molecule has 1 aliphatic heterocycles. The van der Waals surface area contributed by atoms with E-state index in [9.17, 15) is 22.8 Å². The molecule has 5 rings (SSSR count). The summed E-state index contributed by atoms with van der Waals surface area (Å²) < 4.78 is 43.3. The molecule has 3 heterocycles. The van der Waals surface area contributed by atoms with Crippen molar-refractivity contribution >= 4 is 23.3 Å². The van der Waals surface area contributed by atoms with E-state index < -0.39 is 23.6 Å². The van der Waals surface area contributed by atoms with Crippen molar-refractivity contribution in [1.82, 2.24) is 24.8 Å². The number of rotatable bonds is 4. The van der Waals surface area contributed by atoms with Gasteiger partial charge in [-0.1, -0.05) is 0 Å². The third kappa shape index (κ3) is 3.38. The third-order valence-corrected chi connectivity index (χ3v) is 6.40. The average Bonchev–Trinajstić information content (AvgIpc) is 3.49. The number of fused-ring (bicyclic) bond motifs is 2. The number of nitrogens with one attached hydrogen (secondary N) is 1. The summed E-state index contributed by atoms with van der Waals surface area (Å²) in [6.07, 6.45) is -1.28. The van der Waals surface area contributed by atoms with Crippen LogP contribution in [0.25, 0.3) is 16.9 Å². The summed E-state index contributed by atoms with van der Waals surface area (Å²) in [6, 6.07) is 3.89. The number of carbonyl (C=O) groups is 2. The molecule has 11 heteroatoms. The third-order valence-electron chi connectivity index (χ3n) is 6.40. The fraction of sp³-hybridized carbons (Fsp3) is 0.364. The van der Waals surface area contributed by atoms with Crippen molar-refractivity contribution in [2.75, 3.05) is 12.8 Å². The van der Waals surface area contributed by atoms with E-state index in [1.54, 1.807) is 6.07 Å². The van der Waals surface area contributed by atoms with Crippen LogP contribution in [-0.2, 0) is 12.7 Å². The van der Waals surface area contributed by atoms with Gasteiger partial charge in [-0.25, -0.2) is 9.50 Å². The predicted octanol–water partition coefficient (Wildman–Crippen LogP) is 3.11. The van der Waals surface area contributed by atoms with Crippen molar-refractivity contribution in [1.29, 1.82) is 0 Å². The molecular weight excluding hydrogens is 437 g/mol. The molecule has 33 heavy (non-hydrogen) atoms. The number of anilines is 1. The highest BCUT2D eigenvalue weighted by atomic mass is 19.4. The second-order valence-electron chi connectivity index (χ2n) is 8.49. The van der Waals surface area contributed by atoms with E-state index in [0.29, 0.717) is 11.5 Å². The molecule has 1 fully saturated rings. The fourth-order valence-corrected chi connectivity index (χ4v) is 4.46. The molecule has 0 saturated heterocycles. The lowest BCUT2D eigenvalue weighted by atomic mass is 9.97. The number of hydrogen-bond donors (Lipinski definition) is 2. The van der Waals surface area contributed by atoms with Gasteiger partial charge in [-0.3, -0.25) is 9.59 Å². The summed E-state index contributed by atoms with van der Waals surface area (Å²) in [4.78, 5) is 31.1. The Morgan fingerprint density at radius 2 is 2.03 bits per heavy atom. The molecule has 1 aliphatic carbocycles. The number of benzene rings is 1. The Bertz CT molecular complexity index is 1310. The van der Waals surface area contributed by atoms with E-state index in [1.807, 2.05) is 6.92 Å². The zero-order chi connectivity index (χ0) is 23.7. The van der Waals surface area contributed by atoms with Crippen LogP contribution in [-0.4, -0.2) is 44.4 Å². The van der Waals surface area contributed by atoms with Crippen molar-refractivity contribution in [3.8, 4) is 11.3 Å². The molecule has 2 aromatic heterocycles. The normalized spacial score (nSPS) is 16.9. The van der Waals surface area contributed by atoms with Crippen molar-refractivity contribution in [3.05, 3.63) is 46.6 Å². The molecule has 0 spiro atoms. The van der Waals surface area contributed by atoms with E-state index in [1.165, 1.54) is 28.7 Å². The molecule has 1 unspecified atom stereocenters. The van der Waals surface area contributed by atoms with Crippen LogP contribution in [0.15, 0.2) is 24.4 Å². The molecule has 1 aromatic carbocycles. The number of nitrogens with zero attached hydrogens (tertiary/aromatic N) is 4. The van der Waals surface area contributed by atoms with Crippen LogP contribution in [0, 0.1) is 5.92 Å². The number of nitrogens with two attached hydrogens (primary N) is 1. The largest absolute Gasteiger partial charge is 0.417 e. The van der Waals surface area contributed by atoms with Gasteiger partial charge in [0.1, 0.15) is 5.56 Å². The first kappa shape index (κ1) is 21.2. The second kappa shape index (κ2) is 7.19. The molecule has 172 valence electrons. The van der Waals surface area contributed by atoms with Gasteiger partial charge in [-0.05, 0) is 49.4 Å². The van der Waals surface area contributed by atoms with Crippen LogP contribution in [0.3, 0.4) is 0 Å². The van der Waals surface area contributed by atoms with Crippen molar-refractivity contribution in [2.24, 2.45) is 5.92 Å². The standard InChI is InChI=1S/C22H21F3N6O2/c1-10(11-3-4-11)30-9-13-7-12(8-14(22(23,24)25)16(13)21(30)33)15-5-6-31-19(28-15)17(18(26)29-31)20(32)27-2/h5-8,10-11H,3-4,9H2,1-2H3,(H2,26,29)(H,27,32). The van der Waals surface area contributed by atoms with Gasteiger partial charge in [0.05, 0.1) is 16.8 Å². The Kier molecular flexibility index (Phi) is 4.62. The number of carbonyl (C=O) groups excluding carboxylic acids is 2. The van der Waals surface area contributed by atoms with Crippen molar-refractivity contribution in [2.45, 2.75) is 38.5 Å². The van der Waals surface area contributed by atoms with Crippen LogP contribution in [0.1, 0.15) is 51.6 Å². The maximum atomic E-state index is 14.0. The van der Waals surface area contributed by atoms with Crippen LogP contribution < -0.4 is 11.1 Å². The monoisotopic (exact) mass is 458 g/mol. The zero-order valence-electron chi connectivity index (χ0n) is 17.9. The minimum atomic E-state index is -4.72. The van der Waals surface area contributed by atoms with Gasteiger partial charge in [0.15, 0.2) is 11.5 Å². The summed E-state index contributed by atoms with van der Waals surface area (Å²) in [7, 11) is 1.43. The van der Waals surface area contributed by atoms with Crippen molar-refractivity contribution < 1.29 is 22.8 Å². The van der Waals surface area contributed by atoms with Gasteiger partial charge in [0, 0.05) is 31.4 Å². The second-order valence-corrected chi connectivity index (χ2v) is 8.49. The van der Waals surface area contributed by atoms with Gasteiger partial charge in [-0.2, -0.15) is 13.2 Å². The zero-order valence-corrected chi connectivity index (χ0v) is 17.9. The van der Waals surface area contributed by atoms with Gasteiger partial charge in [0.25, 0.3) is 11.8 Å². The maximum Gasteiger partial charge on any atom is 0.417 e. The minimum absolute atomic E-state index is 0.0381. The molecule has 3 N–H and O–H groups in total. The fourth-order valence-electron chi connectivity index (χ4n) is 4.46. The highest BCUT2D eigenvalue weighted by Gasteiger charge is 2.44. The summed E-state index contributed by atoms with van der Waals surface area (Å²) in [5.74, 6) is -0.805. The molecule has 3 aromatic rings. The average molecular weight is 458 g/mol. The van der Waals surface area contributed by atoms with E-state index in [-0.39, 0.29) is 46.4 Å². The number of aromatic nitrogens is 3. The van der Waals surface area contributed by atoms with Crippen LogP contribution in [0.2, 0.25) is 0 Å². The molecule has 1 saturated carbocycles. The Labute approximate surface area is 186 Å². The van der Waals surface area contributed by atoms with E-state index in [0.717, 1.165) is 18.9 Å². The highest BCUT2D eigenvalue weighted by molar-refractivity contribution is 6.04. The lowest BCUT2D eigenvalue weighted by molar-refractivity contribution is -0.137. The molecule has 0 radical (unpaired) electrons. The summed E-state index contributed by atoms with van der Waals surface area (Å²) in [5.41, 5.74) is 5.45. The first-order valence-corrected chi connectivity index (χ1v) is 10.5. The molecule has 2 aliphatic rings. The van der Waals surface area contributed by atoms with Gasteiger partial charge in [0.2, 0.25) is 0 Å². The van der Waals surface area contributed by atoms with Gasteiger partial charge in [-0.15, -0.1) is 5.10 Å². The van der Waals surface area contributed by atoms with Crippen molar-refractivity contribution in [3.63, 3.8) is 0 Å². The van der Waals surface area contributed by atoms with Crippen LogP contribution >= 0.6 is 0 Å². The van der Waals surface area contributed by atoms with Gasteiger partial charge >= 0.3 is 6.18 Å². The number of alkyl halides is 3. The lowest BCUT2D eigenvalue weighted by Crippen LogP contribution is -2.35. The van der Waals surface area contributed by atoms with Crippen LogP contribution in [0.5, 0.6) is 0 Å². The predicted molar refractivity (Wildman–Crippen MR) is 113 cm³/mol. The Hall–Kier alpha value is -3.63. The first-order valence-electron chi connectivity index (χ1n) is 10.5. The topological polar surface area (TPSA) is 106 Å². The molecule has 8 nitrogen and oxygen atoms in total. The molecule has 2 amide bonds. The quantitative estimate of drug-likeness (QED) is 0.625. The van der Waals surface area contributed by atoms with E-state index in [2.05, 4.69) is 15.4 Å². The molecule has 0 bridgehead atoms. The number of hydrogen-bond acceptors (Lipinski definition) is 5. The number of halogens is 3. The minimum Gasteiger partial charge on any atom is -0.381 e.